The van der Waals surface area contributed by atoms with Crippen molar-refractivity contribution in [2.75, 3.05) is 0 Å². The van der Waals surface area contributed by atoms with Gasteiger partial charge in [0, 0.05) is 37.6 Å². The van der Waals surface area contributed by atoms with Gasteiger partial charge in [-0.25, -0.2) is 0 Å². The maximum Gasteiger partial charge on any atom is 0.0646 e. The number of fused-ring (bicyclic) bond motifs is 2. The third-order valence-corrected chi connectivity index (χ3v) is 10.2. The standard InChI is InChI=1S/C20H18N.C16H30O2.Ir/c1-2-9-16(10-3-1)20-13-17-11-6-12-18(19(17)14-21-20)15-7-4-5-8-15;1-15(2)9-5-7-11-8-6-10-16(3,4)14(18)12(11)13(15)17;/h1-3,6,9,11-15H,4-5,7-8H2;11-14,17-18H,5-10H2,1-4H3;/q-1;;. The topological polar surface area (TPSA) is 53.4 Å². The molecular formula is C36H48IrNO2-. The molecule has 40 heavy (non-hydrogen) atoms. The number of hydrogen-bond acceptors (Lipinski definition) is 3. The monoisotopic (exact) mass is 719 g/mol. The molecule has 4 heteroatoms. The molecular weight excluding hydrogens is 671 g/mol. The molecule has 0 aliphatic heterocycles. The van der Waals surface area contributed by atoms with Crippen molar-refractivity contribution in [3.05, 3.63) is 66.4 Å². The second kappa shape index (κ2) is 13.2. The van der Waals surface area contributed by atoms with Crippen molar-refractivity contribution in [1.29, 1.82) is 0 Å². The Morgan fingerprint density at radius 3 is 2.05 bits per heavy atom. The molecule has 0 amide bonds. The number of hydrogen-bond donors (Lipinski definition) is 2. The van der Waals surface area contributed by atoms with Crippen LogP contribution in [-0.4, -0.2) is 27.4 Å². The first kappa shape index (κ1) is 31.4. The maximum atomic E-state index is 10.8. The fraction of sp³-hybridized carbons (Fsp3) is 0.583. The molecule has 2 atom stereocenters. The van der Waals surface area contributed by atoms with Gasteiger partial charge in [-0.2, -0.15) is 0 Å². The van der Waals surface area contributed by atoms with E-state index in [9.17, 15) is 10.2 Å². The zero-order chi connectivity index (χ0) is 27.6. The smallest absolute Gasteiger partial charge is 0.0646 e. The summed E-state index contributed by atoms with van der Waals surface area (Å²) in [6.45, 7) is 8.63. The van der Waals surface area contributed by atoms with Crippen LogP contribution in [0.25, 0.3) is 22.0 Å². The van der Waals surface area contributed by atoms with Gasteiger partial charge in [0.15, 0.2) is 0 Å². The summed E-state index contributed by atoms with van der Waals surface area (Å²) < 4.78 is 0. The van der Waals surface area contributed by atoms with Crippen molar-refractivity contribution in [3.8, 4) is 11.3 Å². The number of nitrogens with zero attached hydrogens (tertiary/aromatic N) is 1. The summed E-state index contributed by atoms with van der Waals surface area (Å²) in [5.41, 5.74) is 3.44. The fourth-order valence-electron chi connectivity index (χ4n) is 7.68. The summed E-state index contributed by atoms with van der Waals surface area (Å²) >= 11 is 0. The molecule has 3 aliphatic carbocycles. The second-order valence-electron chi connectivity index (χ2n) is 13.9. The maximum absolute atomic E-state index is 10.8. The molecule has 1 radical (unpaired) electrons. The van der Waals surface area contributed by atoms with E-state index in [2.05, 4.69) is 75.3 Å². The van der Waals surface area contributed by atoms with Crippen LogP contribution in [0.15, 0.2) is 54.7 Å². The predicted molar refractivity (Wildman–Crippen MR) is 161 cm³/mol. The van der Waals surface area contributed by atoms with Gasteiger partial charge >= 0.3 is 0 Å². The van der Waals surface area contributed by atoms with Gasteiger partial charge in [-0.1, -0.05) is 77.6 Å². The van der Waals surface area contributed by atoms with E-state index in [-0.39, 0.29) is 49.1 Å². The van der Waals surface area contributed by atoms with Crippen LogP contribution in [0.3, 0.4) is 0 Å². The predicted octanol–water partition coefficient (Wildman–Crippen LogP) is 8.72. The van der Waals surface area contributed by atoms with Gasteiger partial charge in [-0.05, 0) is 77.8 Å². The zero-order valence-electron chi connectivity index (χ0n) is 24.8. The Labute approximate surface area is 255 Å². The first-order valence-corrected chi connectivity index (χ1v) is 15.4. The van der Waals surface area contributed by atoms with Crippen LogP contribution in [-0.2, 0) is 20.1 Å². The SMILES string of the molecule is CC1(C)CCCC2CCCC(C)(C)C(O)C2C1O.[Ir].[c-]1ccccc1-c1cc2cccc(C3CCCC3)c2cn1. The van der Waals surface area contributed by atoms with Crippen molar-refractivity contribution in [3.63, 3.8) is 0 Å². The summed E-state index contributed by atoms with van der Waals surface area (Å²) in [5, 5.41) is 24.2. The van der Waals surface area contributed by atoms with Gasteiger partial charge in [-0.3, -0.25) is 0 Å². The molecule has 3 aromatic rings. The minimum atomic E-state index is -0.364. The van der Waals surface area contributed by atoms with E-state index in [0.29, 0.717) is 5.92 Å². The van der Waals surface area contributed by atoms with Crippen molar-refractivity contribution < 1.29 is 30.3 Å². The van der Waals surface area contributed by atoms with E-state index in [1.807, 2.05) is 18.2 Å². The number of aromatic nitrogens is 1. The molecule has 0 spiro atoms. The van der Waals surface area contributed by atoms with Crippen LogP contribution < -0.4 is 0 Å². The third kappa shape index (κ3) is 6.73. The molecule has 1 heterocycles. The molecule has 3 nitrogen and oxygen atoms in total. The fourth-order valence-corrected chi connectivity index (χ4v) is 7.68. The van der Waals surface area contributed by atoms with Crippen LogP contribution >= 0.6 is 0 Å². The summed E-state index contributed by atoms with van der Waals surface area (Å²) in [4.78, 5) is 4.68. The Balaban J connectivity index is 0.000000183. The normalized spacial score (nSPS) is 27.9. The van der Waals surface area contributed by atoms with Crippen LogP contribution in [0, 0.1) is 28.7 Å². The largest absolute Gasteiger partial charge is 0.392 e. The molecule has 3 fully saturated rings. The Kier molecular flexibility index (Phi) is 10.3. The van der Waals surface area contributed by atoms with Crippen LogP contribution in [0.2, 0.25) is 0 Å². The Bertz CT molecular complexity index is 1210. The van der Waals surface area contributed by atoms with Crippen molar-refractivity contribution in [2.24, 2.45) is 22.7 Å². The second-order valence-corrected chi connectivity index (χ2v) is 13.9. The minimum Gasteiger partial charge on any atom is -0.392 e. The summed E-state index contributed by atoms with van der Waals surface area (Å²) in [6, 6.07) is 20.2. The van der Waals surface area contributed by atoms with Gasteiger partial charge < -0.3 is 15.2 Å². The van der Waals surface area contributed by atoms with E-state index in [1.54, 1.807) is 0 Å². The van der Waals surface area contributed by atoms with Gasteiger partial charge in [0.2, 0.25) is 0 Å². The molecule has 219 valence electrons. The van der Waals surface area contributed by atoms with E-state index in [0.717, 1.165) is 30.0 Å². The van der Waals surface area contributed by atoms with E-state index in [1.165, 1.54) is 67.7 Å². The Morgan fingerprint density at radius 1 is 0.800 bits per heavy atom. The number of pyridine rings is 1. The van der Waals surface area contributed by atoms with Gasteiger partial charge in [-0.15, -0.1) is 35.9 Å². The quantitative estimate of drug-likeness (QED) is 0.261. The number of aliphatic hydroxyl groups is 2. The van der Waals surface area contributed by atoms with Gasteiger partial charge in [0.25, 0.3) is 0 Å². The summed E-state index contributed by atoms with van der Waals surface area (Å²) in [5.74, 6) is 1.31. The summed E-state index contributed by atoms with van der Waals surface area (Å²) in [6.07, 6.45) is 13.6. The molecule has 0 bridgehead atoms. The van der Waals surface area contributed by atoms with E-state index >= 15 is 0 Å². The molecule has 2 unspecified atom stereocenters. The van der Waals surface area contributed by atoms with Crippen molar-refractivity contribution >= 4 is 10.8 Å². The average molecular weight is 719 g/mol. The zero-order valence-corrected chi connectivity index (χ0v) is 27.2. The van der Waals surface area contributed by atoms with Crippen molar-refractivity contribution in [1.82, 2.24) is 4.98 Å². The van der Waals surface area contributed by atoms with Crippen LogP contribution in [0.5, 0.6) is 0 Å². The first-order chi connectivity index (χ1) is 18.7. The van der Waals surface area contributed by atoms with Gasteiger partial charge in [0.05, 0.1) is 12.2 Å². The molecule has 3 saturated carbocycles. The van der Waals surface area contributed by atoms with Gasteiger partial charge in [0.1, 0.15) is 0 Å². The molecule has 0 saturated heterocycles. The van der Waals surface area contributed by atoms with Crippen LogP contribution in [0.1, 0.15) is 103 Å². The molecule has 1 aromatic heterocycles. The first-order valence-electron chi connectivity index (χ1n) is 15.4. The number of rotatable bonds is 2. The third-order valence-electron chi connectivity index (χ3n) is 10.2. The molecule has 2 aromatic carbocycles. The summed E-state index contributed by atoms with van der Waals surface area (Å²) in [7, 11) is 0. The molecule has 6 rings (SSSR count). The van der Waals surface area contributed by atoms with E-state index < -0.39 is 0 Å². The Morgan fingerprint density at radius 2 is 1.45 bits per heavy atom. The number of aliphatic hydroxyl groups excluding tert-OH is 2. The van der Waals surface area contributed by atoms with E-state index in [4.69, 9.17) is 0 Å². The van der Waals surface area contributed by atoms with Crippen LogP contribution in [0.4, 0.5) is 0 Å². The van der Waals surface area contributed by atoms with Crippen molar-refractivity contribution in [2.45, 2.75) is 110 Å². The minimum absolute atomic E-state index is 0. The number of benzene rings is 2. The molecule has 2 N–H and O–H groups in total. The Hall–Kier alpha value is -1.58. The molecule has 3 aliphatic rings. The average Bonchev–Trinajstić information content (AvgIpc) is 3.40.